The van der Waals surface area contributed by atoms with E-state index in [9.17, 15) is 0 Å². The Morgan fingerprint density at radius 2 is 1.83 bits per heavy atom. The Kier molecular flexibility index (Phi) is 3.77. The van der Waals surface area contributed by atoms with Crippen LogP contribution in [0.15, 0.2) is 41.8 Å². The molecule has 0 unspecified atom stereocenters. The van der Waals surface area contributed by atoms with Crippen LogP contribution in [0.3, 0.4) is 0 Å². The van der Waals surface area contributed by atoms with Crippen LogP contribution in [0.2, 0.25) is 0 Å². The van der Waals surface area contributed by atoms with Gasteiger partial charge in [-0.3, -0.25) is 0 Å². The Bertz CT molecular complexity index is 484. The van der Waals surface area contributed by atoms with Gasteiger partial charge in [-0.1, -0.05) is 30.3 Å². The molecule has 2 heterocycles. The highest BCUT2D eigenvalue weighted by molar-refractivity contribution is 7.13. The van der Waals surface area contributed by atoms with E-state index in [1.165, 1.54) is 54.9 Å². The van der Waals surface area contributed by atoms with E-state index in [1.807, 2.05) is 11.3 Å². The maximum atomic E-state index is 2.59. The molecule has 1 aromatic carbocycles. The van der Waals surface area contributed by atoms with Crippen LogP contribution in [0, 0.1) is 0 Å². The van der Waals surface area contributed by atoms with Crippen LogP contribution < -0.4 is 0 Å². The van der Waals surface area contributed by atoms with Crippen LogP contribution in [-0.2, 0) is 6.42 Å². The van der Waals surface area contributed by atoms with Crippen molar-refractivity contribution < 1.29 is 0 Å². The SMILES string of the molecule is c1csc(-c2ccccc2CCN2CCCC2)c1. The van der Waals surface area contributed by atoms with Crippen LogP contribution in [0.5, 0.6) is 0 Å². The Labute approximate surface area is 113 Å². The Morgan fingerprint density at radius 1 is 1.00 bits per heavy atom. The van der Waals surface area contributed by atoms with Crippen molar-refractivity contribution in [3.8, 4) is 10.4 Å². The van der Waals surface area contributed by atoms with Crippen LogP contribution in [-0.4, -0.2) is 24.5 Å². The van der Waals surface area contributed by atoms with Crippen molar-refractivity contribution in [2.75, 3.05) is 19.6 Å². The lowest BCUT2D eigenvalue weighted by Crippen LogP contribution is -2.22. The maximum Gasteiger partial charge on any atom is 0.0345 e. The molecule has 1 aliphatic rings. The summed E-state index contributed by atoms with van der Waals surface area (Å²) in [6, 6.07) is 13.2. The lowest BCUT2D eigenvalue weighted by Gasteiger charge is -2.15. The summed E-state index contributed by atoms with van der Waals surface area (Å²) in [5.74, 6) is 0. The molecule has 1 nitrogen and oxygen atoms in total. The number of benzene rings is 1. The van der Waals surface area contributed by atoms with Crippen molar-refractivity contribution in [3.05, 3.63) is 47.3 Å². The Hall–Kier alpha value is -1.12. The molecule has 2 heteroatoms. The number of thiophene rings is 1. The van der Waals surface area contributed by atoms with Crippen molar-refractivity contribution in [2.45, 2.75) is 19.3 Å². The van der Waals surface area contributed by atoms with Gasteiger partial charge in [-0.25, -0.2) is 0 Å². The molecule has 0 radical (unpaired) electrons. The fourth-order valence-corrected chi connectivity index (χ4v) is 3.48. The first-order valence-corrected chi connectivity index (χ1v) is 7.65. The summed E-state index contributed by atoms with van der Waals surface area (Å²) in [4.78, 5) is 3.98. The zero-order valence-electron chi connectivity index (χ0n) is 10.6. The first-order chi connectivity index (χ1) is 8.93. The highest BCUT2D eigenvalue weighted by atomic mass is 32.1. The minimum absolute atomic E-state index is 1.17. The van der Waals surface area contributed by atoms with Gasteiger partial charge in [-0.15, -0.1) is 11.3 Å². The second kappa shape index (κ2) is 5.68. The van der Waals surface area contributed by atoms with Gasteiger partial charge in [0.25, 0.3) is 0 Å². The topological polar surface area (TPSA) is 3.24 Å². The molecule has 0 saturated carbocycles. The molecule has 1 fully saturated rings. The van der Waals surface area contributed by atoms with Crippen LogP contribution in [0.25, 0.3) is 10.4 Å². The quantitative estimate of drug-likeness (QED) is 0.798. The molecule has 18 heavy (non-hydrogen) atoms. The molecule has 0 aliphatic carbocycles. The molecular weight excluding hydrogens is 238 g/mol. The lowest BCUT2D eigenvalue weighted by atomic mass is 10.0. The molecule has 0 atom stereocenters. The number of likely N-dealkylation sites (tertiary alicyclic amines) is 1. The summed E-state index contributed by atoms with van der Waals surface area (Å²) in [5.41, 5.74) is 2.92. The average Bonchev–Trinajstić information content (AvgIpc) is 3.10. The third-order valence-electron chi connectivity index (χ3n) is 3.70. The third kappa shape index (κ3) is 2.65. The summed E-state index contributed by atoms with van der Waals surface area (Å²) in [6.07, 6.45) is 3.94. The molecule has 0 bridgehead atoms. The number of rotatable bonds is 4. The van der Waals surface area contributed by atoms with E-state index in [4.69, 9.17) is 0 Å². The van der Waals surface area contributed by atoms with E-state index in [-0.39, 0.29) is 0 Å². The molecule has 1 saturated heterocycles. The first-order valence-electron chi connectivity index (χ1n) is 6.77. The fraction of sp³-hybridized carbons (Fsp3) is 0.375. The van der Waals surface area contributed by atoms with Gasteiger partial charge in [0.1, 0.15) is 0 Å². The maximum absolute atomic E-state index is 2.59. The second-order valence-electron chi connectivity index (χ2n) is 4.93. The van der Waals surface area contributed by atoms with Gasteiger partial charge in [-0.2, -0.15) is 0 Å². The highest BCUT2D eigenvalue weighted by Gasteiger charge is 2.12. The number of hydrogen-bond donors (Lipinski definition) is 0. The van der Waals surface area contributed by atoms with Gasteiger partial charge < -0.3 is 4.90 Å². The molecular formula is C16H19NS. The van der Waals surface area contributed by atoms with E-state index in [1.54, 1.807) is 0 Å². The van der Waals surface area contributed by atoms with Crippen LogP contribution in [0.4, 0.5) is 0 Å². The van der Waals surface area contributed by atoms with Crippen LogP contribution >= 0.6 is 11.3 Å². The van der Waals surface area contributed by atoms with Crippen molar-refractivity contribution in [3.63, 3.8) is 0 Å². The molecule has 94 valence electrons. The van der Waals surface area contributed by atoms with E-state index in [0.717, 1.165) is 0 Å². The summed E-state index contributed by atoms with van der Waals surface area (Å²) in [5, 5.41) is 2.16. The predicted molar refractivity (Wildman–Crippen MR) is 79.1 cm³/mol. The summed E-state index contributed by atoms with van der Waals surface area (Å²) < 4.78 is 0. The Morgan fingerprint density at radius 3 is 2.61 bits per heavy atom. The molecule has 2 aromatic rings. The minimum Gasteiger partial charge on any atom is -0.303 e. The highest BCUT2D eigenvalue weighted by Crippen LogP contribution is 2.28. The number of hydrogen-bond acceptors (Lipinski definition) is 2. The molecule has 0 amide bonds. The van der Waals surface area contributed by atoms with Gasteiger partial charge in [0.2, 0.25) is 0 Å². The Balaban J connectivity index is 1.75. The van der Waals surface area contributed by atoms with Crippen molar-refractivity contribution in [1.29, 1.82) is 0 Å². The predicted octanol–water partition coefficient (Wildman–Crippen LogP) is 4.05. The first kappa shape index (κ1) is 11.9. The molecule has 1 aliphatic heterocycles. The zero-order valence-corrected chi connectivity index (χ0v) is 11.5. The van der Waals surface area contributed by atoms with Crippen molar-refractivity contribution in [2.24, 2.45) is 0 Å². The molecule has 0 N–H and O–H groups in total. The standard InChI is InChI=1S/C16H19NS/c1-2-7-15(16-8-5-13-18-16)14(6-1)9-12-17-10-3-4-11-17/h1-2,5-8,13H,3-4,9-12H2. The van der Waals surface area contributed by atoms with E-state index in [0.29, 0.717) is 0 Å². The lowest BCUT2D eigenvalue weighted by molar-refractivity contribution is 0.343. The molecule has 3 rings (SSSR count). The second-order valence-corrected chi connectivity index (χ2v) is 5.88. The monoisotopic (exact) mass is 257 g/mol. The minimum atomic E-state index is 1.17. The fourth-order valence-electron chi connectivity index (χ4n) is 2.70. The smallest absolute Gasteiger partial charge is 0.0345 e. The summed E-state index contributed by atoms with van der Waals surface area (Å²) in [7, 11) is 0. The van der Waals surface area contributed by atoms with Gasteiger partial charge >= 0.3 is 0 Å². The molecule has 0 spiro atoms. The summed E-state index contributed by atoms with van der Waals surface area (Å²) >= 11 is 1.83. The number of nitrogens with zero attached hydrogens (tertiary/aromatic N) is 1. The largest absolute Gasteiger partial charge is 0.303 e. The summed E-state index contributed by atoms with van der Waals surface area (Å²) in [6.45, 7) is 3.80. The van der Waals surface area contributed by atoms with Crippen molar-refractivity contribution >= 4 is 11.3 Å². The average molecular weight is 257 g/mol. The van der Waals surface area contributed by atoms with Gasteiger partial charge in [0, 0.05) is 11.4 Å². The van der Waals surface area contributed by atoms with Gasteiger partial charge in [0.05, 0.1) is 0 Å². The van der Waals surface area contributed by atoms with Crippen LogP contribution in [0.1, 0.15) is 18.4 Å². The van der Waals surface area contributed by atoms with Gasteiger partial charge in [0.15, 0.2) is 0 Å². The normalized spacial score (nSPS) is 16.2. The van der Waals surface area contributed by atoms with E-state index < -0.39 is 0 Å². The van der Waals surface area contributed by atoms with Crippen molar-refractivity contribution in [1.82, 2.24) is 4.90 Å². The molecule has 1 aromatic heterocycles. The zero-order chi connectivity index (χ0) is 12.2. The van der Waals surface area contributed by atoms with Gasteiger partial charge in [-0.05, 0) is 54.9 Å². The third-order valence-corrected chi connectivity index (χ3v) is 4.60. The van der Waals surface area contributed by atoms with E-state index >= 15 is 0 Å². The van der Waals surface area contributed by atoms with E-state index in [2.05, 4.69) is 46.7 Å².